The number of aliphatic hydroxyl groups excluding tert-OH is 1. The van der Waals surface area contributed by atoms with Crippen LogP contribution < -0.4 is 5.32 Å². The van der Waals surface area contributed by atoms with E-state index in [4.69, 9.17) is 9.84 Å². The Morgan fingerprint density at radius 1 is 1.32 bits per heavy atom. The van der Waals surface area contributed by atoms with E-state index in [2.05, 4.69) is 31.0 Å². The van der Waals surface area contributed by atoms with Crippen LogP contribution >= 0.6 is 0 Å². The summed E-state index contributed by atoms with van der Waals surface area (Å²) in [7, 11) is 0. The summed E-state index contributed by atoms with van der Waals surface area (Å²) in [4.78, 5) is 2.51. The lowest BCUT2D eigenvalue weighted by Gasteiger charge is -2.42. The van der Waals surface area contributed by atoms with Crippen LogP contribution in [0, 0.1) is 5.41 Å². The van der Waals surface area contributed by atoms with E-state index in [0.29, 0.717) is 11.5 Å². The molecule has 0 amide bonds. The third-order valence-corrected chi connectivity index (χ3v) is 4.18. The molecule has 0 saturated carbocycles. The fourth-order valence-electron chi connectivity index (χ4n) is 2.81. The molecule has 0 aliphatic carbocycles. The molecule has 0 atom stereocenters. The van der Waals surface area contributed by atoms with E-state index < -0.39 is 0 Å². The van der Waals surface area contributed by atoms with E-state index in [1.807, 2.05) is 0 Å². The quantitative estimate of drug-likeness (QED) is 0.667. The van der Waals surface area contributed by atoms with Crippen LogP contribution in [0.2, 0.25) is 0 Å². The topological polar surface area (TPSA) is 44.7 Å². The van der Waals surface area contributed by atoms with Gasteiger partial charge in [0.05, 0.1) is 0 Å². The van der Waals surface area contributed by atoms with Gasteiger partial charge >= 0.3 is 0 Å². The summed E-state index contributed by atoms with van der Waals surface area (Å²) in [5, 5.41) is 12.6. The van der Waals surface area contributed by atoms with Gasteiger partial charge < -0.3 is 20.1 Å². The number of nitrogens with zero attached hydrogens (tertiary/aromatic N) is 1. The van der Waals surface area contributed by atoms with Crippen molar-refractivity contribution in [2.75, 3.05) is 46.0 Å². The highest BCUT2D eigenvalue weighted by Gasteiger charge is 2.34. The van der Waals surface area contributed by atoms with E-state index in [0.717, 1.165) is 58.7 Å². The average molecular weight is 272 g/mol. The van der Waals surface area contributed by atoms with Crippen LogP contribution in [0.3, 0.4) is 0 Å². The number of ether oxygens (including phenoxy) is 1. The second kappa shape index (κ2) is 8.90. The first-order valence-corrected chi connectivity index (χ1v) is 7.77. The molecule has 0 aromatic rings. The van der Waals surface area contributed by atoms with Gasteiger partial charge in [-0.25, -0.2) is 0 Å². The molecule has 0 bridgehead atoms. The summed E-state index contributed by atoms with van der Waals surface area (Å²) in [6.45, 7) is 12.9. The third-order valence-electron chi connectivity index (χ3n) is 4.18. The van der Waals surface area contributed by atoms with Gasteiger partial charge in [0.2, 0.25) is 0 Å². The van der Waals surface area contributed by atoms with Crippen LogP contribution in [-0.4, -0.2) is 62.0 Å². The molecule has 1 rings (SSSR count). The first-order valence-electron chi connectivity index (χ1n) is 7.77. The van der Waals surface area contributed by atoms with Crippen molar-refractivity contribution in [1.29, 1.82) is 0 Å². The molecule has 0 radical (unpaired) electrons. The van der Waals surface area contributed by atoms with Crippen molar-refractivity contribution in [3.8, 4) is 0 Å². The molecule has 1 fully saturated rings. The van der Waals surface area contributed by atoms with Crippen molar-refractivity contribution in [3.05, 3.63) is 0 Å². The lowest BCUT2D eigenvalue weighted by Crippen LogP contribution is -2.49. The molecule has 0 unspecified atom stereocenters. The number of nitrogens with one attached hydrogen (secondary N) is 1. The smallest absolute Gasteiger partial charge is 0.0472 e. The highest BCUT2D eigenvalue weighted by molar-refractivity contribution is 4.88. The van der Waals surface area contributed by atoms with E-state index in [-0.39, 0.29) is 6.61 Å². The molecule has 4 nitrogen and oxygen atoms in total. The fourth-order valence-corrected chi connectivity index (χ4v) is 2.81. The summed E-state index contributed by atoms with van der Waals surface area (Å²) in [6.07, 6.45) is 3.15. The minimum absolute atomic E-state index is 0.284. The van der Waals surface area contributed by atoms with Crippen LogP contribution in [0.15, 0.2) is 0 Å². The second-order valence-electron chi connectivity index (χ2n) is 6.03. The minimum atomic E-state index is 0.284. The number of aliphatic hydroxyl groups is 1. The van der Waals surface area contributed by atoms with Crippen molar-refractivity contribution in [2.45, 2.75) is 46.1 Å². The van der Waals surface area contributed by atoms with Crippen molar-refractivity contribution in [2.24, 2.45) is 5.41 Å². The zero-order chi connectivity index (χ0) is 14.1. The maximum atomic E-state index is 9.05. The van der Waals surface area contributed by atoms with Crippen LogP contribution in [0.1, 0.15) is 40.0 Å². The van der Waals surface area contributed by atoms with Gasteiger partial charge in [-0.2, -0.15) is 0 Å². The van der Waals surface area contributed by atoms with E-state index in [1.165, 1.54) is 0 Å². The molecule has 19 heavy (non-hydrogen) atoms. The molecule has 1 aliphatic heterocycles. The molecular weight excluding hydrogens is 240 g/mol. The zero-order valence-corrected chi connectivity index (χ0v) is 13.0. The van der Waals surface area contributed by atoms with Gasteiger partial charge in [-0.05, 0) is 45.1 Å². The molecule has 4 heteroatoms. The predicted molar refractivity (Wildman–Crippen MR) is 79.4 cm³/mol. The molecule has 0 spiro atoms. The monoisotopic (exact) mass is 272 g/mol. The van der Waals surface area contributed by atoms with Crippen LogP contribution in [0.5, 0.6) is 0 Å². The molecule has 0 aromatic carbocycles. The number of hydrogen-bond acceptors (Lipinski definition) is 4. The summed E-state index contributed by atoms with van der Waals surface area (Å²) in [5.74, 6) is 0. The SMILES string of the molecule is CCNCC1(CN(CCCO)C(C)C)CCOCC1. The zero-order valence-electron chi connectivity index (χ0n) is 13.0. The molecule has 0 aromatic heterocycles. The average Bonchev–Trinajstić information content (AvgIpc) is 2.42. The first-order chi connectivity index (χ1) is 9.13. The molecule has 1 aliphatic rings. The third kappa shape index (κ3) is 5.78. The lowest BCUT2D eigenvalue weighted by molar-refractivity contribution is -0.0101. The van der Waals surface area contributed by atoms with Crippen LogP contribution in [-0.2, 0) is 4.74 Å². The number of rotatable bonds is 9. The Bertz CT molecular complexity index is 228. The van der Waals surface area contributed by atoms with Crippen LogP contribution in [0.25, 0.3) is 0 Å². The second-order valence-corrected chi connectivity index (χ2v) is 6.03. The Morgan fingerprint density at radius 3 is 2.53 bits per heavy atom. The van der Waals surface area contributed by atoms with Gasteiger partial charge in [-0.1, -0.05) is 6.92 Å². The van der Waals surface area contributed by atoms with Gasteiger partial charge in [0.25, 0.3) is 0 Å². The van der Waals surface area contributed by atoms with Gasteiger partial charge in [-0.3, -0.25) is 0 Å². The Kier molecular flexibility index (Phi) is 7.91. The Morgan fingerprint density at radius 2 is 2.00 bits per heavy atom. The normalized spacial score (nSPS) is 19.3. The first kappa shape index (κ1) is 16.9. The van der Waals surface area contributed by atoms with E-state index in [1.54, 1.807) is 0 Å². The summed E-state index contributed by atoms with van der Waals surface area (Å²) in [6, 6.07) is 0.535. The number of hydrogen-bond donors (Lipinski definition) is 2. The summed E-state index contributed by atoms with van der Waals surface area (Å²) < 4.78 is 5.54. The minimum Gasteiger partial charge on any atom is -0.396 e. The predicted octanol–water partition coefficient (Wildman–Crippen LogP) is 1.49. The van der Waals surface area contributed by atoms with Crippen molar-refractivity contribution >= 4 is 0 Å². The lowest BCUT2D eigenvalue weighted by atomic mass is 9.79. The van der Waals surface area contributed by atoms with E-state index in [9.17, 15) is 0 Å². The Balaban J connectivity index is 2.61. The highest BCUT2D eigenvalue weighted by atomic mass is 16.5. The van der Waals surface area contributed by atoms with Crippen molar-refractivity contribution in [1.82, 2.24) is 10.2 Å². The van der Waals surface area contributed by atoms with E-state index >= 15 is 0 Å². The largest absolute Gasteiger partial charge is 0.396 e. The molecular formula is C15H32N2O2. The van der Waals surface area contributed by atoms with Crippen LogP contribution in [0.4, 0.5) is 0 Å². The molecule has 1 heterocycles. The standard InChI is InChI=1S/C15H32N2O2/c1-4-16-12-15(6-10-19-11-7-15)13-17(14(2)3)8-5-9-18/h14,16,18H,4-13H2,1-3H3. The summed E-state index contributed by atoms with van der Waals surface area (Å²) in [5.41, 5.74) is 0.341. The Hall–Kier alpha value is -0.160. The van der Waals surface area contributed by atoms with Gasteiger partial charge in [0.1, 0.15) is 0 Å². The Labute approximate surface area is 118 Å². The molecule has 114 valence electrons. The van der Waals surface area contributed by atoms with Gasteiger partial charge in [0, 0.05) is 45.5 Å². The van der Waals surface area contributed by atoms with Crippen molar-refractivity contribution < 1.29 is 9.84 Å². The highest BCUT2D eigenvalue weighted by Crippen LogP contribution is 2.31. The van der Waals surface area contributed by atoms with Gasteiger partial charge in [-0.15, -0.1) is 0 Å². The summed E-state index contributed by atoms with van der Waals surface area (Å²) >= 11 is 0. The molecule has 2 N–H and O–H groups in total. The maximum absolute atomic E-state index is 9.05. The van der Waals surface area contributed by atoms with Crippen molar-refractivity contribution in [3.63, 3.8) is 0 Å². The fraction of sp³-hybridized carbons (Fsp3) is 1.00. The molecule has 1 saturated heterocycles. The van der Waals surface area contributed by atoms with Gasteiger partial charge in [0.15, 0.2) is 0 Å². The maximum Gasteiger partial charge on any atom is 0.0472 e.